The van der Waals surface area contributed by atoms with Gasteiger partial charge in [-0.05, 0) is 85.6 Å². The summed E-state index contributed by atoms with van der Waals surface area (Å²) in [5.41, 5.74) is 0. The fraction of sp³-hybridized carbons (Fsp3) is 0.136. The Morgan fingerprint density at radius 3 is 0.673 bits per heavy atom. The highest BCUT2D eigenvalue weighted by atomic mass is 79.9. The Labute approximate surface area is 330 Å². The molecule has 0 aliphatic heterocycles. The molecular formula is C44H44Br2O4P2. The highest BCUT2D eigenvalue weighted by Crippen LogP contribution is 2.57. The maximum atomic E-state index is 11.1. The van der Waals surface area contributed by atoms with Crippen molar-refractivity contribution in [3.8, 4) is 0 Å². The van der Waals surface area contributed by atoms with E-state index in [9.17, 15) is 9.59 Å². The van der Waals surface area contributed by atoms with E-state index in [1.54, 1.807) is 0 Å². The summed E-state index contributed by atoms with van der Waals surface area (Å²) >= 11 is 0. The molecule has 52 heavy (non-hydrogen) atoms. The van der Waals surface area contributed by atoms with Crippen molar-refractivity contribution in [2.75, 3.05) is 12.3 Å². The van der Waals surface area contributed by atoms with E-state index >= 15 is 0 Å². The number of carboxylic acids is 2. The predicted octanol–water partition coefficient (Wildman–Crippen LogP) is 1.70. The minimum Gasteiger partial charge on any atom is -1.00 e. The van der Waals surface area contributed by atoms with Gasteiger partial charge in [-0.25, -0.2) is 0 Å². The van der Waals surface area contributed by atoms with E-state index < -0.39 is 26.5 Å². The molecule has 2 N–H and O–H groups in total. The van der Waals surface area contributed by atoms with E-state index in [1.807, 2.05) is 36.4 Å². The third-order valence-corrected chi connectivity index (χ3v) is 18.0. The smallest absolute Gasteiger partial charge is 0.303 e. The maximum Gasteiger partial charge on any atom is 0.303 e. The molecule has 0 spiro atoms. The first-order valence-corrected chi connectivity index (χ1v) is 20.9. The summed E-state index contributed by atoms with van der Waals surface area (Å²) in [6.07, 6.45) is 3.46. The van der Waals surface area contributed by atoms with Crippen LogP contribution in [0, 0.1) is 0 Å². The van der Waals surface area contributed by atoms with Gasteiger partial charge in [0, 0.05) is 12.8 Å². The molecule has 4 nitrogen and oxygen atoms in total. The van der Waals surface area contributed by atoms with Crippen LogP contribution in [-0.4, -0.2) is 34.5 Å². The van der Waals surface area contributed by atoms with E-state index in [0.29, 0.717) is 12.8 Å². The van der Waals surface area contributed by atoms with Crippen molar-refractivity contribution in [2.24, 2.45) is 0 Å². The second-order valence-corrected chi connectivity index (χ2v) is 19.3. The van der Waals surface area contributed by atoms with Gasteiger partial charge in [0.25, 0.3) is 0 Å². The van der Waals surface area contributed by atoms with E-state index in [-0.39, 0.29) is 46.8 Å². The van der Waals surface area contributed by atoms with Gasteiger partial charge in [-0.3, -0.25) is 9.59 Å². The highest BCUT2D eigenvalue weighted by Gasteiger charge is 2.45. The topological polar surface area (TPSA) is 74.6 Å². The van der Waals surface area contributed by atoms with Crippen LogP contribution in [0.15, 0.2) is 182 Å². The first-order chi connectivity index (χ1) is 24.5. The van der Waals surface area contributed by atoms with E-state index in [4.69, 9.17) is 10.2 Å². The molecule has 0 saturated carbocycles. The fourth-order valence-electron chi connectivity index (χ4n) is 6.70. The number of rotatable bonds is 14. The number of carbonyl (C=O) groups is 2. The molecule has 6 aromatic carbocycles. The third kappa shape index (κ3) is 10.6. The molecule has 0 atom stereocenters. The number of carboxylic acid groups (broad SMARTS) is 2. The predicted molar refractivity (Wildman–Crippen MR) is 214 cm³/mol. The standard InChI is InChI=1S/2C22H21O2P.2BrH/c2*23-22(24)17-10-18-25(19-11-4-1-5-12-19,20-13-6-2-7-14-20)21-15-8-3-9-16-21;;/h2*1-9,11-16H,10,17-18H2;2*1H. The minimum absolute atomic E-state index is 0. The second kappa shape index (κ2) is 21.6. The van der Waals surface area contributed by atoms with Gasteiger partial charge in [0.2, 0.25) is 0 Å². The monoisotopic (exact) mass is 856 g/mol. The van der Waals surface area contributed by atoms with Gasteiger partial charge in [0.1, 0.15) is 46.4 Å². The summed E-state index contributed by atoms with van der Waals surface area (Å²) in [5, 5.41) is 26.1. The quantitative estimate of drug-likeness (QED) is 0.164. The summed E-state index contributed by atoms with van der Waals surface area (Å²) in [4.78, 5) is 22.2. The lowest BCUT2D eigenvalue weighted by Gasteiger charge is -2.27. The normalized spacial score (nSPS) is 10.8. The molecule has 0 bridgehead atoms. The molecule has 0 radical (unpaired) electrons. The molecule has 0 fully saturated rings. The van der Waals surface area contributed by atoms with Crippen molar-refractivity contribution in [2.45, 2.75) is 25.7 Å². The Morgan fingerprint density at radius 2 is 0.519 bits per heavy atom. The van der Waals surface area contributed by atoms with Gasteiger partial charge in [0.15, 0.2) is 0 Å². The van der Waals surface area contributed by atoms with Gasteiger partial charge >= 0.3 is 11.9 Å². The van der Waals surface area contributed by atoms with Crippen molar-refractivity contribution in [3.05, 3.63) is 182 Å². The minimum atomic E-state index is -1.87. The van der Waals surface area contributed by atoms with Crippen LogP contribution in [0.5, 0.6) is 0 Å². The van der Waals surface area contributed by atoms with E-state index in [2.05, 4.69) is 146 Å². The summed E-state index contributed by atoms with van der Waals surface area (Å²) in [6.45, 7) is 0. The van der Waals surface area contributed by atoms with Gasteiger partial charge in [-0.1, -0.05) is 109 Å². The number of hydrogen-bond acceptors (Lipinski definition) is 2. The van der Waals surface area contributed by atoms with E-state index in [1.165, 1.54) is 31.8 Å². The van der Waals surface area contributed by atoms with Gasteiger partial charge in [-0.15, -0.1) is 0 Å². The van der Waals surface area contributed by atoms with Crippen molar-refractivity contribution in [1.82, 2.24) is 0 Å². The zero-order valence-electron chi connectivity index (χ0n) is 28.9. The average Bonchev–Trinajstić information content (AvgIpc) is 3.17. The van der Waals surface area contributed by atoms with Crippen LogP contribution in [0.4, 0.5) is 0 Å². The largest absolute Gasteiger partial charge is 1.00 e. The summed E-state index contributed by atoms with van der Waals surface area (Å²) in [5.74, 6) is -1.46. The fourth-order valence-corrected chi connectivity index (χ4v) is 15.4. The van der Waals surface area contributed by atoms with Crippen LogP contribution in [-0.2, 0) is 9.59 Å². The first-order valence-electron chi connectivity index (χ1n) is 17.0. The van der Waals surface area contributed by atoms with Crippen LogP contribution in [0.25, 0.3) is 0 Å². The SMILES string of the molecule is O=C(O)CCC[P+](c1ccccc1)(c1ccccc1)c1ccccc1.O=C(O)CCC[P+](c1ccccc1)(c1ccccc1)c1ccccc1.[Br-].[Br-]. The Morgan fingerprint density at radius 1 is 0.346 bits per heavy atom. The van der Waals surface area contributed by atoms with Crippen LogP contribution >= 0.6 is 14.5 Å². The van der Waals surface area contributed by atoms with Crippen molar-refractivity contribution >= 4 is 58.3 Å². The molecule has 0 aliphatic carbocycles. The van der Waals surface area contributed by atoms with Crippen molar-refractivity contribution in [3.63, 3.8) is 0 Å². The molecule has 0 aliphatic rings. The van der Waals surface area contributed by atoms with Gasteiger partial charge in [-0.2, -0.15) is 0 Å². The lowest BCUT2D eigenvalue weighted by molar-refractivity contribution is -0.138. The summed E-state index contributed by atoms with van der Waals surface area (Å²) in [6, 6.07) is 63.4. The molecule has 0 saturated heterocycles. The second-order valence-electron chi connectivity index (χ2n) is 12.1. The van der Waals surface area contributed by atoms with Gasteiger partial charge < -0.3 is 44.2 Å². The lowest BCUT2D eigenvalue weighted by atomic mass is 10.3. The summed E-state index contributed by atoms with van der Waals surface area (Å²) in [7, 11) is -3.75. The molecule has 268 valence electrons. The van der Waals surface area contributed by atoms with Crippen LogP contribution < -0.4 is 65.8 Å². The number of benzene rings is 6. The molecule has 0 amide bonds. The number of halogens is 2. The van der Waals surface area contributed by atoms with Crippen LogP contribution in [0.3, 0.4) is 0 Å². The van der Waals surface area contributed by atoms with Gasteiger partial charge in [0.05, 0.1) is 12.3 Å². The molecule has 8 heteroatoms. The number of aliphatic carboxylic acids is 2. The average molecular weight is 859 g/mol. The molecule has 6 aromatic rings. The zero-order chi connectivity index (χ0) is 35.1. The molecule has 0 unspecified atom stereocenters. The Kier molecular flexibility index (Phi) is 17.6. The maximum absolute atomic E-state index is 11.1. The Balaban J connectivity index is 0.000000270. The highest BCUT2D eigenvalue weighted by molar-refractivity contribution is 7.96. The van der Waals surface area contributed by atoms with E-state index in [0.717, 1.165) is 12.3 Å². The third-order valence-electron chi connectivity index (χ3n) is 8.95. The van der Waals surface area contributed by atoms with Crippen molar-refractivity contribution < 1.29 is 53.8 Å². The lowest BCUT2D eigenvalue weighted by Crippen LogP contribution is -3.00. The molecular weight excluding hydrogens is 814 g/mol. The Bertz CT molecular complexity index is 1560. The number of hydrogen-bond donors (Lipinski definition) is 2. The molecule has 6 rings (SSSR count). The molecule has 0 heterocycles. The van der Waals surface area contributed by atoms with Crippen molar-refractivity contribution in [1.29, 1.82) is 0 Å². The molecule has 0 aromatic heterocycles. The summed E-state index contributed by atoms with van der Waals surface area (Å²) < 4.78 is 0. The Hall–Kier alpha value is -3.92. The van der Waals surface area contributed by atoms with Crippen LogP contribution in [0.1, 0.15) is 25.7 Å². The first kappa shape index (κ1) is 42.5. The van der Waals surface area contributed by atoms with Crippen LogP contribution in [0.2, 0.25) is 0 Å². The zero-order valence-corrected chi connectivity index (χ0v) is 33.9.